The van der Waals surface area contributed by atoms with E-state index < -0.39 is 39.9 Å². The number of primary sulfonamides is 1. The summed E-state index contributed by atoms with van der Waals surface area (Å²) in [6, 6.07) is 5.19. The predicted octanol–water partition coefficient (Wildman–Crippen LogP) is 2.18. The van der Waals surface area contributed by atoms with Crippen molar-refractivity contribution in [3.05, 3.63) is 36.0 Å². The second-order valence-corrected chi connectivity index (χ2v) is 7.82. The molecule has 152 valence electrons. The molecule has 0 aliphatic heterocycles. The van der Waals surface area contributed by atoms with Crippen LogP contribution in [0, 0.1) is 0 Å². The number of halogens is 3. The van der Waals surface area contributed by atoms with Crippen LogP contribution in [0.25, 0.3) is 0 Å². The molecular weight excluding hydrogens is 401 g/mol. The maximum Gasteiger partial charge on any atom is 0.423 e. The largest absolute Gasteiger partial charge is 0.471 e. The SMILES string of the molecule is NS(=O)(=O)c1ccc(Nc2ncc(C(F)(F)F)c(O[C@@H]3CCC[C@@H]3O)n2)cc1. The summed E-state index contributed by atoms with van der Waals surface area (Å²) in [7, 11) is -3.87. The fourth-order valence-electron chi connectivity index (χ4n) is 2.76. The molecule has 0 unspecified atom stereocenters. The van der Waals surface area contributed by atoms with Crippen LogP contribution in [0.1, 0.15) is 24.8 Å². The molecule has 2 atom stereocenters. The van der Waals surface area contributed by atoms with E-state index in [0.717, 1.165) is 0 Å². The maximum atomic E-state index is 13.2. The van der Waals surface area contributed by atoms with E-state index >= 15 is 0 Å². The lowest BCUT2D eigenvalue weighted by Crippen LogP contribution is -2.27. The Morgan fingerprint density at radius 1 is 1.21 bits per heavy atom. The molecule has 4 N–H and O–H groups in total. The van der Waals surface area contributed by atoms with Gasteiger partial charge in [0.2, 0.25) is 21.9 Å². The van der Waals surface area contributed by atoms with Crippen LogP contribution in [0.5, 0.6) is 5.88 Å². The highest BCUT2D eigenvalue weighted by Crippen LogP contribution is 2.37. The zero-order chi connectivity index (χ0) is 20.5. The number of sulfonamides is 1. The molecule has 0 spiro atoms. The molecule has 8 nitrogen and oxygen atoms in total. The fourth-order valence-corrected chi connectivity index (χ4v) is 3.27. The third-order valence-corrected chi connectivity index (χ3v) is 5.11. The van der Waals surface area contributed by atoms with Gasteiger partial charge in [-0.2, -0.15) is 18.2 Å². The van der Waals surface area contributed by atoms with E-state index in [1.807, 2.05) is 0 Å². The average molecular weight is 418 g/mol. The lowest BCUT2D eigenvalue weighted by molar-refractivity contribution is -0.140. The monoisotopic (exact) mass is 418 g/mol. The normalized spacial score (nSPS) is 20.2. The Kier molecular flexibility index (Phi) is 5.46. The van der Waals surface area contributed by atoms with Crippen molar-refractivity contribution in [3.63, 3.8) is 0 Å². The highest BCUT2D eigenvalue weighted by molar-refractivity contribution is 7.89. The molecule has 1 aliphatic carbocycles. The molecule has 0 bridgehead atoms. The number of nitrogens with one attached hydrogen (secondary N) is 1. The Labute approximate surface area is 158 Å². The number of hydrogen-bond acceptors (Lipinski definition) is 7. The summed E-state index contributed by atoms with van der Waals surface area (Å²) in [6.45, 7) is 0. The smallest absolute Gasteiger partial charge is 0.423 e. The Morgan fingerprint density at radius 2 is 1.89 bits per heavy atom. The summed E-state index contributed by atoms with van der Waals surface area (Å²) in [6.07, 6.45) is -4.28. The van der Waals surface area contributed by atoms with Gasteiger partial charge >= 0.3 is 6.18 Å². The third kappa shape index (κ3) is 4.69. The van der Waals surface area contributed by atoms with Crippen LogP contribution in [0.2, 0.25) is 0 Å². The van der Waals surface area contributed by atoms with Gasteiger partial charge in [-0.05, 0) is 43.5 Å². The lowest BCUT2D eigenvalue weighted by Gasteiger charge is -2.19. The van der Waals surface area contributed by atoms with E-state index in [4.69, 9.17) is 9.88 Å². The van der Waals surface area contributed by atoms with Crippen molar-refractivity contribution in [1.29, 1.82) is 0 Å². The van der Waals surface area contributed by atoms with Crippen LogP contribution in [0.15, 0.2) is 35.4 Å². The first-order chi connectivity index (χ1) is 13.0. The molecule has 0 saturated heterocycles. The molecule has 1 saturated carbocycles. The number of benzene rings is 1. The number of anilines is 2. The zero-order valence-electron chi connectivity index (χ0n) is 14.3. The van der Waals surface area contributed by atoms with Crippen LogP contribution in [-0.4, -0.2) is 35.7 Å². The van der Waals surface area contributed by atoms with Crippen LogP contribution >= 0.6 is 0 Å². The van der Waals surface area contributed by atoms with Gasteiger partial charge in [0.1, 0.15) is 11.7 Å². The molecule has 0 radical (unpaired) electrons. The molecule has 0 amide bonds. The molecule has 1 fully saturated rings. The quantitative estimate of drug-likeness (QED) is 0.679. The molecule has 2 aromatic rings. The molecule has 1 aromatic carbocycles. The van der Waals surface area contributed by atoms with Gasteiger partial charge in [0.15, 0.2) is 0 Å². The lowest BCUT2D eigenvalue weighted by atomic mass is 10.2. The Balaban J connectivity index is 1.86. The van der Waals surface area contributed by atoms with Gasteiger partial charge in [-0.25, -0.2) is 18.5 Å². The molecular formula is C16H17F3N4O4S. The van der Waals surface area contributed by atoms with Crippen LogP contribution in [0.3, 0.4) is 0 Å². The molecule has 3 rings (SSSR count). The van der Waals surface area contributed by atoms with Gasteiger partial charge in [0.25, 0.3) is 0 Å². The fraction of sp³-hybridized carbons (Fsp3) is 0.375. The minimum atomic E-state index is -4.73. The third-order valence-electron chi connectivity index (χ3n) is 4.18. The van der Waals surface area contributed by atoms with Crippen molar-refractivity contribution in [3.8, 4) is 5.88 Å². The second-order valence-electron chi connectivity index (χ2n) is 6.26. The van der Waals surface area contributed by atoms with Crippen LogP contribution < -0.4 is 15.2 Å². The first kappa shape index (κ1) is 20.3. The van der Waals surface area contributed by atoms with Crippen molar-refractivity contribution in [2.75, 3.05) is 5.32 Å². The van der Waals surface area contributed by atoms with Gasteiger partial charge in [-0.15, -0.1) is 0 Å². The van der Waals surface area contributed by atoms with Gasteiger partial charge in [0, 0.05) is 11.9 Å². The van der Waals surface area contributed by atoms with E-state index in [-0.39, 0.29) is 10.8 Å². The highest BCUT2D eigenvalue weighted by atomic mass is 32.2. The van der Waals surface area contributed by atoms with Gasteiger partial charge in [0.05, 0.1) is 11.0 Å². The number of ether oxygens (including phenoxy) is 1. The van der Waals surface area contributed by atoms with Gasteiger partial charge in [-0.1, -0.05) is 0 Å². The van der Waals surface area contributed by atoms with Crippen LogP contribution in [-0.2, 0) is 16.2 Å². The van der Waals surface area contributed by atoms with E-state index in [0.29, 0.717) is 31.1 Å². The topological polar surface area (TPSA) is 127 Å². The number of rotatable bonds is 5. The average Bonchev–Trinajstić information content (AvgIpc) is 2.98. The number of aromatic nitrogens is 2. The van der Waals surface area contributed by atoms with Crippen molar-refractivity contribution >= 4 is 21.7 Å². The number of alkyl halides is 3. The Hall–Kier alpha value is -2.44. The highest BCUT2D eigenvalue weighted by Gasteiger charge is 2.38. The molecule has 28 heavy (non-hydrogen) atoms. The van der Waals surface area contributed by atoms with Crippen molar-refractivity contribution in [1.82, 2.24) is 9.97 Å². The molecule has 1 heterocycles. The minimum absolute atomic E-state index is 0.120. The van der Waals surface area contributed by atoms with Crippen molar-refractivity contribution < 1.29 is 31.4 Å². The summed E-state index contributed by atoms with van der Waals surface area (Å²) in [5.41, 5.74) is -0.819. The molecule has 1 aliphatic rings. The van der Waals surface area contributed by atoms with E-state index in [9.17, 15) is 26.7 Å². The summed E-state index contributed by atoms with van der Waals surface area (Å²) in [5.74, 6) is -0.865. The minimum Gasteiger partial charge on any atom is -0.471 e. The summed E-state index contributed by atoms with van der Waals surface area (Å²) in [5, 5.41) is 17.5. The van der Waals surface area contributed by atoms with Gasteiger partial charge in [-0.3, -0.25) is 0 Å². The number of aliphatic hydroxyl groups excluding tert-OH is 1. The number of nitrogens with zero attached hydrogens (tertiary/aromatic N) is 2. The number of nitrogens with two attached hydrogens (primary N) is 1. The summed E-state index contributed by atoms with van der Waals surface area (Å²) < 4.78 is 67.5. The van der Waals surface area contributed by atoms with E-state index in [2.05, 4.69) is 15.3 Å². The summed E-state index contributed by atoms with van der Waals surface area (Å²) >= 11 is 0. The van der Waals surface area contributed by atoms with Crippen molar-refractivity contribution in [2.24, 2.45) is 5.14 Å². The van der Waals surface area contributed by atoms with E-state index in [1.165, 1.54) is 24.3 Å². The Bertz CT molecular complexity index is 951. The number of hydrogen-bond donors (Lipinski definition) is 3. The zero-order valence-corrected chi connectivity index (χ0v) is 15.2. The Morgan fingerprint density at radius 3 is 2.43 bits per heavy atom. The van der Waals surface area contributed by atoms with Crippen LogP contribution in [0.4, 0.5) is 24.8 Å². The maximum absolute atomic E-state index is 13.2. The molecule has 12 heteroatoms. The summed E-state index contributed by atoms with van der Waals surface area (Å²) in [4.78, 5) is 7.30. The number of aliphatic hydroxyl groups is 1. The first-order valence-corrected chi connectivity index (χ1v) is 9.77. The van der Waals surface area contributed by atoms with Gasteiger partial charge < -0.3 is 15.2 Å². The second kappa shape index (κ2) is 7.53. The predicted molar refractivity (Wildman–Crippen MR) is 92.4 cm³/mol. The first-order valence-electron chi connectivity index (χ1n) is 8.23. The standard InChI is InChI=1S/C16H17F3N4O4S/c17-16(18,19)11-8-21-15(23-14(11)27-13-3-1-2-12(13)24)22-9-4-6-10(7-5-9)28(20,25)26/h4-8,12-13,24H,1-3H2,(H2,20,25,26)(H,21,22,23)/t12-,13+/m0/s1. The molecule has 1 aromatic heterocycles. The van der Waals surface area contributed by atoms with Crippen molar-refractivity contribution in [2.45, 2.75) is 42.5 Å². The van der Waals surface area contributed by atoms with E-state index in [1.54, 1.807) is 0 Å².